The maximum atomic E-state index is 4.72. The van der Waals surface area contributed by atoms with Crippen molar-refractivity contribution in [3.63, 3.8) is 0 Å². The molecule has 0 saturated heterocycles. The molecule has 132 valence electrons. The molecule has 0 aliphatic carbocycles. The van der Waals surface area contributed by atoms with Gasteiger partial charge in [0.05, 0.1) is 27.5 Å². The van der Waals surface area contributed by atoms with Gasteiger partial charge in [-0.25, -0.2) is 9.97 Å². The highest BCUT2D eigenvalue weighted by Gasteiger charge is 2.09. The molecular weight excluding hydrogens is 342 g/mol. The number of rotatable bonds is 6. The zero-order valence-electron chi connectivity index (χ0n) is 14.9. The second-order valence-electron chi connectivity index (χ2n) is 6.65. The van der Waals surface area contributed by atoms with E-state index in [0.29, 0.717) is 5.92 Å². The number of thiazole rings is 1. The molecule has 0 fully saturated rings. The van der Waals surface area contributed by atoms with Crippen LogP contribution in [0.25, 0.3) is 21.3 Å². The number of nitrogens with zero attached hydrogens (tertiary/aromatic N) is 4. The molecule has 4 rings (SSSR count). The van der Waals surface area contributed by atoms with Crippen LogP contribution in [0, 0.1) is 5.92 Å². The van der Waals surface area contributed by atoms with Crippen LogP contribution in [0.1, 0.15) is 26.1 Å². The molecule has 1 N–H and O–H groups in total. The third kappa shape index (κ3) is 3.46. The van der Waals surface area contributed by atoms with Crippen LogP contribution in [0.3, 0.4) is 0 Å². The summed E-state index contributed by atoms with van der Waals surface area (Å²) in [6.07, 6.45) is 2.89. The van der Waals surface area contributed by atoms with E-state index in [1.165, 1.54) is 0 Å². The van der Waals surface area contributed by atoms with Gasteiger partial charge in [0.2, 0.25) is 5.13 Å². The molecule has 2 heterocycles. The van der Waals surface area contributed by atoms with Crippen LogP contribution in [0.15, 0.2) is 53.6 Å². The molecule has 2 aromatic carbocycles. The van der Waals surface area contributed by atoms with Crippen molar-refractivity contribution in [3.05, 3.63) is 54.4 Å². The number of aromatic nitrogens is 3. The second kappa shape index (κ2) is 7.25. The number of imidazole rings is 1. The number of benzene rings is 2. The lowest BCUT2D eigenvalue weighted by Gasteiger charge is -2.08. The first-order chi connectivity index (χ1) is 12.7. The zero-order valence-corrected chi connectivity index (χ0v) is 15.7. The average molecular weight is 363 g/mol. The van der Waals surface area contributed by atoms with Gasteiger partial charge in [-0.15, -0.1) is 0 Å². The Hall–Kier alpha value is -2.73. The third-order valence-corrected chi connectivity index (χ3v) is 5.19. The molecule has 0 unspecified atom stereocenters. The van der Waals surface area contributed by atoms with E-state index in [-0.39, 0.29) is 0 Å². The number of nitrogens with one attached hydrogen (secondary N) is 1. The molecule has 0 aliphatic heterocycles. The number of hydrogen-bond acceptors (Lipinski definition) is 5. The summed E-state index contributed by atoms with van der Waals surface area (Å²) in [5.41, 5.74) is 6.17. The smallest absolute Gasteiger partial charge is 0.204 e. The second-order valence-corrected chi connectivity index (χ2v) is 7.68. The lowest BCUT2D eigenvalue weighted by molar-refractivity contribution is 0.521. The standard InChI is InChI=1S/C20H21N5S/c1-14(2)11-12-25-17-9-5-3-7-15(17)22-19(25)13-21-24-20-23-16-8-4-6-10-18(16)26-20/h3-10,13-14H,11-12H2,1-2H3,(H,23,24). The van der Waals surface area contributed by atoms with Gasteiger partial charge < -0.3 is 4.57 Å². The van der Waals surface area contributed by atoms with Crippen molar-refractivity contribution >= 4 is 43.9 Å². The van der Waals surface area contributed by atoms with E-state index in [4.69, 9.17) is 4.98 Å². The number of fused-ring (bicyclic) bond motifs is 2. The molecule has 2 aromatic heterocycles. The first-order valence-electron chi connectivity index (χ1n) is 8.80. The Labute approximate surface area is 156 Å². The van der Waals surface area contributed by atoms with Crippen molar-refractivity contribution < 1.29 is 0 Å². The fourth-order valence-electron chi connectivity index (χ4n) is 2.88. The predicted octanol–water partition coefficient (Wildman–Crippen LogP) is 5.14. The number of hydrogen-bond donors (Lipinski definition) is 1. The average Bonchev–Trinajstić information content (AvgIpc) is 3.20. The van der Waals surface area contributed by atoms with Gasteiger partial charge in [-0.05, 0) is 36.6 Å². The summed E-state index contributed by atoms with van der Waals surface area (Å²) in [7, 11) is 0. The number of anilines is 1. The first kappa shape index (κ1) is 16.7. The van der Waals surface area contributed by atoms with E-state index in [1.807, 2.05) is 30.3 Å². The fraction of sp³-hybridized carbons (Fsp3) is 0.250. The van der Waals surface area contributed by atoms with Gasteiger partial charge in [-0.3, -0.25) is 5.43 Å². The predicted molar refractivity (Wildman–Crippen MR) is 110 cm³/mol. The van der Waals surface area contributed by atoms with Crippen LogP contribution in [-0.2, 0) is 6.54 Å². The SMILES string of the molecule is CC(C)CCn1c(C=NNc2nc3ccccc3s2)nc2ccccc21. The van der Waals surface area contributed by atoms with Crippen molar-refractivity contribution in [1.82, 2.24) is 14.5 Å². The molecule has 0 bridgehead atoms. The summed E-state index contributed by atoms with van der Waals surface area (Å²) in [5.74, 6) is 1.50. The molecule has 0 spiro atoms. The molecule has 0 atom stereocenters. The number of aryl methyl sites for hydroxylation is 1. The van der Waals surface area contributed by atoms with E-state index in [9.17, 15) is 0 Å². The molecule has 6 heteroatoms. The van der Waals surface area contributed by atoms with Gasteiger partial charge in [-0.1, -0.05) is 49.4 Å². The van der Waals surface area contributed by atoms with Crippen molar-refractivity contribution in [2.24, 2.45) is 11.0 Å². The highest BCUT2D eigenvalue weighted by Crippen LogP contribution is 2.25. The highest BCUT2D eigenvalue weighted by molar-refractivity contribution is 7.22. The Kier molecular flexibility index (Phi) is 4.67. The third-order valence-electron chi connectivity index (χ3n) is 4.25. The minimum atomic E-state index is 0.641. The minimum Gasteiger partial charge on any atom is -0.323 e. The molecule has 0 aliphatic rings. The van der Waals surface area contributed by atoms with E-state index < -0.39 is 0 Å². The van der Waals surface area contributed by atoms with Crippen molar-refractivity contribution in [3.8, 4) is 0 Å². The van der Waals surface area contributed by atoms with E-state index in [0.717, 1.165) is 45.2 Å². The summed E-state index contributed by atoms with van der Waals surface area (Å²) in [5, 5.41) is 5.16. The number of hydrazone groups is 1. The summed E-state index contributed by atoms with van der Waals surface area (Å²) in [6.45, 7) is 5.41. The Bertz CT molecular complexity index is 1030. The van der Waals surface area contributed by atoms with Crippen LogP contribution in [-0.4, -0.2) is 20.7 Å². The largest absolute Gasteiger partial charge is 0.323 e. The van der Waals surface area contributed by atoms with Crippen molar-refractivity contribution in [2.75, 3.05) is 5.43 Å². The molecule has 0 saturated carbocycles. The van der Waals surface area contributed by atoms with Gasteiger partial charge in [0.25, 0.3) is 0 Å². The number of para-hydroxylation sites is 3. The highest BCUT2D eigenvalue weighted by atomic mass is 32.1. The quantitative estimate of drug-likeness (QED) is 0.381. The van der Waals surface area contributed by atoms with Gasteiger partial charge in [0, 0.05) is 6.54 Å². The van der Waals surface area contributed by atoms with E-state index >= 15 is 0 Å². The van der Waals surface area contributed by atoms with E-state index in [1.54, 1.807) is 17.6 Å². The topological polar surface area (TPSA) is 55.1 Å². The fourth-order valence-corrected chi connectivity index (χ4v) is 3.70. The normalized spacial score (nSPS) is 12.0. The van der Waals surface area contributed by atoms with Gasteiger partial charge >= 0.3 is 0 Å². The minimum absolute atomic E-state index is 0.641. The first-order valence-corrected chi connectivity index (χ1v) is 9.62. The monoisotopic (exact) mass is 363 g/mol. The van der Waals surface area contributed by atoms with Crippen LogP contribution >= 0.6 is 11.3 Å². The maximum absolute atomic E-state index is 4.72. The Morgan fingerprint density at radius 1 is 1.08 bits per heavy atom. The Morgan fingerprint density at radius 2 is 1.85 bits per heavy atom. The van der Waals surface area contributed by atoms with Crippen LogP contribution in [0.4, 0.5) is 5.13 Å². The molecule has 4 aromatic rings. The lowest BCUT2D eigenvalue weighted by atomic mass is 10.1. The van der Waals surface area contributed by atoms with Crippen molar-refractivity contribution in [2.45, 2.75) is 26.8 Å². The van der Waals surface area contributed by atoms with Gasteiger partial charge in [-0.2, -0.15) is 5.10 Å². The zero-order chi connectivity index (χ0) is 17.9. The summed E-state index contributed by atoms with van der Waals surface area (Å²) in [6, 6.07) is 16.3. The summed E-state index contributed by atoms with van der Waals surface area (Å²) < 4.78 is 3.38. The lowest BCUT2D eigenvalue weighted by Crippen LogP contribution is -2.06. The molecule has 0 radical (unpaired) electrons. The van der Waals surface area contributed by atoms with E-state index in [2.05, 4.69) is 52.1 Å². The Morgan fingerprint density at radius 3 is 2.65 bits per heavy atom. The maximum Gasteiger partial charge on any atom is 0.204 e. The van der Waals surface area contributed by atoms with Gasteiger partial charge in [0.1, 0.15) is 0 Å². The molecule has 5 nitrogen and oxygen atoms in total. The van der Waals surface area contributed by atoms with Crippen molar-refractivity contribution in [1.29, 1.82) is 0 Å². The van der Waals surface area contributed by atoms with Crippen LogP contribution in [0.2, 0.25) is 0 Å². The molecule has 0 amide bonds. The van der Waals surface area contributed by atoms with Crippen LogP contribution in [0.5, 0.6) is 0 Å². The Balaban J connectivity index is 1.59. The molecule has 26 heavy (non-hydrogen) atoms. The van der Waals surface area contributed by atoms with Crippen LogP contribution < -0.4 is 5.43 Å². The summed E-state index contributed by atoms with van der Waals surface area (Å²) in [4.78, 5) is 9.26. The summed E-state index contributed by atoms with van der Waals surface area (Å²) >= 11 is 1.59. The van der Waals surface area contributed by atoms with Gasteiger partial charge in [0.15, 0.2) is 5.82 Å². The molecular formula is C20H21N5S.